The molecule has 1 aromatic carbocycles. The lowest BCUT2D eigenvalue weighted by Gasteiger charge is -2.13. The predicted octanol–water partition coefficient (Wildman–Crippen LogP) is 3.65. The van der Waals surface area contributed by atoms with Crippen molar-refractivity contribution in [1.82, 2.24) is 4.90 Å². The van der Waals surface area contributed by atoms with Gasteiger partial charge in [0.05, 0.1) is 4.88 Å². The van der Waals surface area contributed by atoms with Gasteiger partial charge in [-0.25, -0.2) is 0 Å². The quantitative estimate of drug-likeness (QED) is 0.851. The van der Waals surface area contributed by atoms with Crippen molar-refractivity contribution in [3.8, 4) is 11.8 Å². The lowest BCUT2D eigenvalue weighted by atomic mass is 10.2. The molecule has 0 radical (unpaired) electrons. The molecule has 0 saturated carbocycles. The number of benzene rings is 1. The number of carbonyl (C=O) groups excluding carboxylic acids is 2. The van der Waals surface area contributed by atoms with Gasteiger partial charge < -0.3 is 10.2 Å². The zero-order valence-corrected chi connectivity index (χ0v) is 14.6. The van der Waals surface area contributed by atoms with Crippen LogP contribution in [0, 0.1) is 11.8 Å². The third-order valence-corrected chi connectivity index (χ3v) is 5.13. The van der Waals surface area contributed by atoms with E-state index in [-0.39, 0.29) is 11.1 Å². The topological polar surface area (TPSA) is 49.4 Å². The highest BCUT2D eigenvalue weighted by Gasteiger charge is 2.21. The number of nitrogens with zero attached hydrogens (tertiary/aromatic N) is 1. The Labute approximate surface area is 149 Å². The van der Waals surface area contributed by atoms with E-state index in [0.29, 0.717) is 13.0 Å². The lowest BCUT2D eigenvalue weighted by molar-refractivity contribution is -0.116. The Hall–Kier alpha value is -2.23. The third-order valence-electron chi connectivity index (χ3n) is 3.45. The number of rotatable bonds is 4. The van der Waals surface area contributed by atoms with Gasteiger partial charge in [0, 0.05) is 36.5 Å². The molecule has 0 spiro atoms. The average molecular weight is 356 g/mol. The number of hydrogen-bond acceptors (Lipinski definition) is 4. The number of nitrogens with one attached hydrogen (secondary N) is 1. The second kappa shape index (κ2) is 8.04. The largest absolute Gasteiger partial charge is 0.332 e. The second-order valence-electron chi connectivity index (χ2n) is 5.21. The van der Waals surface area contributed by atoms with Crippen molar-refractivity contribution in [3.05, 3.63) is 52.2 Å². The van der Waals surface area contributed by atoms with Gasteiger partial charge in [-0.3, -0.25) is 9.59 Å². The van der Waals surface area contributed by atoms with Gasteiger partial charge >= 0.3 is 0 Å². The highest BCUT2D eigenvalue weighted by Crippen LogP contribution is 2.17. The predicted molar refractivity (Wildman–Crippen MR) is 99.4 cm³/mol. The number of anilines is 1. The van der Waals surface area contributed by atoms with E-state index >= 15 is 0 Å². The highest BCUT2D eigenvalue weighted by atomic mass is 32.2. The number of thiophene rings is 1. The van der Waals surface area contributed by atoms with E-state index in [1.165, 1.54) is 11.8 Å². The fourth-order valence-electron chi connectivity index (χ4n) is 2.25. The van der Waals surface area contributed by atoms with E-state index in [4.69, 9.17) is 0 Å². The molecule has 4 nitrogen and oxygen atoms in total. The Kier molecular flexibility index (Phi) is 5.57. The average Bonchev–Trinajstić information content (AvgIpc) is 3.23. The number of carbonyl (C=O) groups is 2. The van der Waals surface area contributed by atoms with Gasteiger partial charge in [-0.15, -0.1) is 11.3 Å². The monoisotopic (exact) mass is 356 g/mol. The van der Waals surface area contributed by atoms with E-state index in [2.05, 4.69) is 17.2 Å². The van der Waals surface area contributed by atoms with Crippen LogP contribution >= 0.6 is 23.1 Å². The summed E-state index contributed by atoms with van der Waals surface area (Å²) in [6, 6.07) is 11.4. The van der Waals surface area contributed by atoms with Crippen molar-refractivity contribution in [3.63, 3.8) is 0 Å². The van der Waals surface area contributed by atoms with E-state index in [9.17, 15) is 9.59 Å². The fraction of sp³-hybridized carbons (Fsp3) is 0.222. The molecule has 6 heteroatoms. The molecular weight excluding hydrogens is 340 g/mol. The van der Waals surface area contributed by atoms with E-state index in [1.54, 1.807) is 16.2 Å². The van der Waals surface area contributed by atoms with E-state index in [0.717, 1.165) is 28.4 Å². The number of amides is 2. The van der Waals surface area contributed by atoms with Crippen molar-refractivity contribution in [2.24, 2.45) is 0 Å². The third kappa shape index (κ3) is 4.63. The van der Waals surface area contributed by atoms with Crippen LogP contribution in [0.5, 0.6) is 0 Å². The maximum atomic E-state index is 12.0. The zero-order valence-electron chi connectivity index (χ0n) is 13.0. The molecule has 1 aromatic heterocycles. The van der Waals surface area contributed by atoms with Crippen LogP contribution < -0.4 is 5.32 Å². The SMILES string of the molecule is O=C(CCN1CCSC1=O)Nc1cccc(C#Cc2cccs2)c1. The number of hydrogen-bond donors (Lipinski definition) is 1. The van der Waals surface area contributed by atoms with Crippen LogP contribution in [0.15, 0.2) is 41.8 Å². The van der Waals surface area contributed by atoms with Gasteiger partial charge in [-0.1, -0.05) is 35.7 Å². The molecule has 1 N–H and O–H groups in total. The Bertz CT molecular complexity index is 791. The standard InChI is InChI=1S/C18H16N2O2S2/c21-17(8-9-20-10-12-24-18(20)22)19-15-4-1-3-14(13-15)6-7-16-5-2-11-23-16/h1-5,11,13H,8-10,12H2,(H,19,21). The summed E-state index contributed by atoms with van der Waals surface area (Å²) in [5.41, 5.74) is 1.58. The van der Waals surface area contributed by atoms with Crippen LogP contribution in [0.4, 0.5) is 10.5 Å². The van der Waals surface area contributed by atoms with Crippen molar-refractivity contribution in [1.29, 1.82) is 0 Å². The van der Waals surface area contributed by atoms with Gasteiger partial charge in [0.25, 0.3) is 5.24 Å². The van der Waals surface area contributed by atoms with Crippen LogP contribution in [0.3, 0.4) is 0 Å². The molecule has 1 aliphatic heterocycles. The van der Waals surface area contributed by atoms with Crippen LogP contribution in [0.2, 0.25) is 0 Å². The minimum atomic E-state index is -0.0944. The molecule has 0 unspecified atom stereocenters. The highest BCUT2D eigenvalue weighted by molar-refractivity contribution is 8.13. The summed E-state index contributed by atoms with van der Waals surface area (Å²) in [7, 11) is 0. The molecule has 3 rings (SSSR count). The Balaban J connectivity index is 1.56. The Morgan fingerprint density at radius 3 is 2.92 bits per heavy atom. The molecule has 2 heterocycles. The minimum absolute atomic E-state index is 0.0636. The summed E-state index contributed by atoms with van der Waals surface area (Å²) in [5.74, 6) is 6.91. The van der Waals surface area contributed by atoms with Crippen LogP contribution in [-0.2, 0) is 4.79 Å². The van der Waals surface area contributed by atoms with Gasteiger partial charge in [0.1, 0.15) is 0 Å². The summed E-state index contributed by atoms with van der Waals surface area (Å²) in [6.07, 6.45) is 0.303. The maximum Gasteiger partial charge on any atom is 0.281 e. The first-order chi connectivity index (χ1) is 11.7. The first-order valence-electron chi connectivity index (χ1n) is 7.58. The molecule has 2 aromatic rings. The van der Waals surface area contributed by atoms with Crippen molar-refractivity contribution >= 4 is 39.9 Å². The molecule has 122 valence electrons. The van der Waals surface area contributed by atoms with Crippen molar-refractivity contribution in [2.75, 3.05) is 24.2 Å². The fourth-order valence-corrected chi connectivity index (χ4v) is 3.67. The maximum absolute atomic E-state index is 12.0. The first-order valence-corrected chi connectivity index (χ1v) is 9.44. The summed E-state index contributed by atoms with van der Waals surface area (Å²) in [5, 5.41) is 4.92. The second-order valence-corrected chi connectivity index (χ2v) is 7.20. The van der Waals surface area contributed by atoms with Crippen LogP contribution in [0.1, 0.15) is 16.9 Å². The Morgan fingerprint density at radius 1 is 1.25 bits per heavy atom. The molecule has 0 atom stereocenters. The molecule has 1 fully saturated rings. The molecule has 1 saturated heterocycles. The van der Waals surface area contributed by atoms with Gasteiger partial charge in [-0.05, 0) is 29.6 Å². The zero-order chi connectivity index (χ0) is 16.8. The number of thioether (sulfide) groups is 1. The summed E-state index contributed by atoms with van der Waals surface area (Å²) >= 11 is 2.91. The van der Waals surface area contributed by atoms with Crippen molar-refractivity contribution in [2.45, 2.75) is 6.42 Å². The summed E-state index contributed by atoms with van der Waals surface area (Å²) < 4.78 is 0. The van der Waals surface area contributed by atoms with Crippen molar-refractivity contribution < 1.29 is 9.59 Å². The molecule has 2 amide bonds. The molecule has 24 heavy (non-hydrogen) atoms. The van der Waals surface area contributed by atoms with E-state index < -0.39 is 0 Å². The smallest absolute Gasteiger partial charge is 0.281 e. The van der Waals surface area contributed by atoms with Gasteiger partial charge in [0.15, 0.2) is 0 Å². The summed E-state index contributed by atoms with van der Waals surface area (Å²) in [6.45, 7) is 1.19. The lowest BCUT2D eigenvalue weighted by Crippen LogP contribution is -2.27. The first kappa shape index (κ1) is 16.6. The van der Waals surface area contributed by atoms with Gasteiger partial charge in [0.2, 0.25) is 5.91 Å². The molecule has 0 aliphatic carbocycles. The normalized spacial score (nSPS) is 13.5. The molecule has 0 bridgehead atoms. The van der Waals surface area contributed by atoms with Crippen LogP contribution in [0.25, 0.3) is 0 Å². The molecular formula is C18H16N2O2S2. The minimum Gasteiger partial charge on any atom is -0.332 e. The van der Waals surface area contributed by atoms with Crippen LogP contribution in [-0.4, -0.2) is 34.9 Å². The molecule has 1 aliphatic rings. The van der Waals surface area contributed by atoms with Gasteiger partial charge in [-0.2, -0.15) is 0 Å². The Morgan fingerprint density at radius 2 is 2.17 bits per heavy atom. The van der Waals surface area contributed by atoms with E-state index in [1.807, 2.05) is 41.8 Å². The summed E-state index contributed by atoms with van der Waals surface area (Å²) in [4.78, 5) is 26.3.